The number of hydrogen-bond donors (Lipinski definition) is 3. The Kier molecular flexibility index (Phi) is 4.93. The smallest absolute Gasteiger partial charge is 0.237 e. The highest BCUT2D eigenvalue weighted by Crippen LogP contribution is 2.09. The van der Waals surface area contributed by atoms with Crippen LogP contribution in [-0.2, 0) is 16.1 Å². The molecular weight excluding hydrogens is 242 g/mol. The van der Waals surface area contributed by atoms with Crippen LogP contribution in [0.5, 0.6) is 0 Å². The molecule has 1 aromatic carbocycles. The summed E-state index contributed by atoms with van der Waals surface area (Å²) in [7, 11) is 0. The van der Waals surface area contributed by atoms with E-state index in [0.29, 0.717) is 11.6 Å². The van der Waals surface area contributed by atoms with Crippen molar-refractivity contribution in [3.8, 4) is 0 Å². The number of amides is 2. The Hall–Kier alpha value is -1.59. The Bertz CT molecular complexity index is 406. The van der Waals surface area contributed by atoms with Gasteiger partial charge in [0.05, 0.1) is 12.5 Å². The number of benzene rings is 1. The Morgan fingerprint density at radius 2 is 1.88 bits per heavy atom. The van der Waals surface area contributed by atoms with Gasteiger partial charge in [0, 0.05) is 11.6 Å². The number of hydrogen-bond acceptors (Lipinski definition) is 3. The second-order valence-corrected chi connectivity index (χ2v) is 4.06. The lowest BCUT2D eigenvalue weighted by molar-refractivity contribution is -0.126. The van der Waals surface area contributed by atoms with Crippen molar-refractivity contribution < 1.29 is 9.59 Å². The highest BCUT2D eigenvalue weighted by molar-refractivity contribution is 6.30. The Morgan fingerprint density at radius 3 is 2.41 bits per heavy atom. The summed E-state index contributed by atoms with van der Waals surface area (Å²) in [5.74, 6) is -1.00. The maximum Gasteiger partial charge on any atom is 0.237 e. The van der Waals surface area contributed by atoms with E-state index in [0.717, 1.165) is 5.56 Å². The summed E-state index contributed by atoms with van der Waals surface area (Å²) >= 11 is 5.72. The molecule has 0 bridgehead atoms. The summed E-state index contributed by atoms with van der Waals surface area (Å²) in [6, 6.07) is 6.14. The average molecular weight is 256 g/mol. The Labute approximate surface area is 104 Å². The molecule has 1 rings (SSSR count). The van der Waals surface area contributed by atoms with Crippen molar-refractivity contribution in [2.24, 2.45) is 11.5 Å². The highest BCUT2D eigenvalue weighted by Gasteiger charge is 2.15. The van der Waals surface area contributed by atoms with Gasteiger partial charge in [0.1, 0.15) is 0 Å². The Balaban J connectivity index is 2.42. The van der Waals surface area contributed by atoms with Gasteiger partial charge in [-0.3, -0.25) is 9.59 Å². The van der Waals surface area contributed by atoms with Crippen molar-refractivity contribution in [1.29, 1.82) is 0 Å². The molecule has 92 valence electrons. The normalized spacial score (nSPS) is 11.9. The van der Waals surface area contributed by atoms with Gasteiger partial charge < -0.3 is 16.8 Å². The number of primary amides is 1. The Morgan fingerprint density at radius 1 is 1.29 bits per heavy atom. The van der Waals surface area contributed by atoms with Crippen LogP contribution in [0.4, 0.5) is 0 Å². The van der Waals surface area contributed by atoms with Crippen molar-refractivity contribution >= 4 is 23.4 Å². The summed E-state index contributed by atoms with van der Waals surface area (Å²) in [4.78, 5) is 22.0. The number of carbonyl (C=O) groups excluding carboxylic acids is 2. The lowest BCUT2D eigenvalue weighted by Gasteiger charge is -2.10. The third-order valence-electron chi connectivity index (χ3n) is 2.14. The van der Waals surface area contributed by atoms with E-state index >= 15 is 0 Å². The van der Waals surface area contributed by atoms with E-state index in [-0.39, 0.29) is 6.42 Å². The molecule has 5 N–H and O–H groups in total. The summed E-state index contributed by atoms with van der Waals surface area (Å²) in [6.45, 7) is 0.336. The zero-order chi connectivity index (χ0) is 12.8. The fourth-order valence-corrected chi connectivity index (χ4v) is 1.36. The van der Waals surface area contributed by atoms with Crippen LogP contribution in [0.25, 0.3) is 0 Å². The van der Waals surface area contributed by atoms with E-state index in [1.807, 2.05) is 0 Å². The fraction of sp³-hybridized carbons (Fsp3) is 0.273. The largest absolute Gasteiger partial charge is 0.370 e. The minimum absolute atomic E-state index is 0.160. The zero-order valence-electron chi connectivity index (χ0n) is 9.15. The van der Waals surface area contributed by atoms with E-state index < -0.39 is 17.9 Å². The number of nitrogens with one attached hydrogen (secondary N) is 1. The van der Waals surface area contributed by atoms with Crippen LogP contribution < -0.4 is 16.8 Å². The number of nitrogens with two attached hydrogens (primary N) is 2. The van der Waals surface area contributed by atoms with E-state index in [1.165, 1.54) is 0 Å². The molecule has 17 heavy (non-hydrogen) atoms. The molecule has 0 aliphatic rings. The second kappa shape index (κ2) is 6.22. The molecule has 2 amide bonds. The van der Waals surface area contributed by atoms with E-state index in [2.05, 4.69) is 5.32 Å². The van der Waals surface area contributed by atoms with Gasteiger partial charge in [0.2, 0.25) is 11.8 Å². The molecule has 5 nitrogen and oxygen atoms in total. The molecule has 0 aliphatic carbocycles. The first-order valence-electron chi connectivity index (χ1n) is 5.05. The standard InChI is InChI=1S/C11H14ClN3O2/c12-8-3-1-7(2-4-8)6-15-11(17)9(13)5-10(14)16/h1-4,9H,5-6,13H2,(H2,14,16)(H,15,17). The lowest BCUT2D eigenvalue weighted by Crippen LogP contribution is -2.42. The van der Waals surface area contributed by atoms with Crippen LogP contribution in [0.3, 0.4) is 0 Å². The number of carbonyl (C=O) groups is 2. The summed E-state index contributed by atoms with van der Waals surface area (Å²) in [6.07, 6.45) is -0.160. The molecule has 1 atom stereocenters. The number of rotatable bonds is 5. The average Bonchev–Trinajstić information content (AvgIpc) is 2.27. The third kappa shape index (κ3) is 4.84. The first-order chi connectivity index (χ1) is 7.99. The van der Waals surface area contributed by atoms with E-state index in [9.17, 15) is 9.59 Å². The quantitative estimate of drug-likeness (QED) is 0.699. The SMILES string of the molecule is NC(=O)CC(N)C(=O)NCc1ccc(Cl)cc1. The van der Waals surface area contributed by atoms with Crippen molar-refractivity contribution in [2.75, 3.05) is 0 Å². The van der Waals surface area contributed by atoms with Crippen LogP contribution in [0.1, 0.15) is 12.0 Å². The van der Waals surface area contributed by atoms with Crippen molar-refractivity contribution in [2.45, 2.75) is 19.0 Å². The van der Waals surface area contributed by atoms with Gasteiger partial charge in [-0.2, -0.15) is 0 Å². The van der Waals surface area contributed by atoms with Gasteiger partial charge in [0.15, 0.2) is 0 Å². The molecule has 0 saturated heterocycles. The molecule has 0 radical (unpaired) electrons. The maximum absolute atomic E-state index is 11.4. The van der Waals surface area contributed by atoms with Crippen LogP contribution in [0.2, 0.25) is 5.02 Å². The zero-order valence-corrected chi connectivity index (χ0v) is 9.91. The summed E-state index contributed by atoms with van der Waals surface area (Å²) < 4.78 is 0. The van der Waals surface area contributed by atoms with E-state index in [4.69, 9.17) is 23.1 Å². The van der Waals surface area contributed by atoms with Crippen molar-refractivity contribution in [1.82, 2.24) is 5.32 Å². The molecule has 6 heteroatoms. The monoisotopic (exact) mass is 255 g/mol. The van der Waals surface area contributed by atoms with Crippen LogP contribution >= 0.6 is 11.6 Å². The molecule has 1 unspecified atom stereocenters. The first kappa shape index (κ1) is 13.5. The lowest BCUT2D eigenvalue weighted by atomic mass is 10.2. The second-order valence-electron chi connectivity index (χ2n) is 3.62. The molecule has 0 heterocycles. The molecule has 0 spiro atoms. The van der Waals surface area contributed by atoms with Crippen LogP contribution in [0, 0.1) is 0 Å². The topological polar surface area (TPSA) is 98.2 Å². The predicted molar refractivity (Wildman–Crippen MR) is 65.1 cm³/mol. The molecule has 0 saturated carbocycles. The molecule has 0 aromatic heterocycles. The molecule has 0 aliphatic heterocycles. The molecule has 0 fully saturated rings. The highest BCUT2D eigenvalue weighted by atomic mass is 35.5. The fourth-order valence-electron chi connectivity index (χ4n) is 1.23. The van der Waals surface area contributed by atoms with Gasteiger partial charge in [0.25, 0.3) is 0 Å². The maximum atomic E-state index is 11.4. The van der Waals surface area contributed by atoms with Crippen molar-refractivity contribution in [3.05, 3.63) is 34.9 Å². The minimum Gasteiger partial charge on any atom is -0.370 e. The van der Waals surface area contributed by atoms with Gasteiger partial charge in [-0.05, 0) is 17.7 Å². The minimum atomic E-state index is -0.903. The van der Waals surface area contributed by atoms with Gasteiger partial charge in [-0.15, -0.1) is 0 Å². The number of halogens is 1. The predicted octanol–water partition coefficient (Wildman–Crippen LogP) is 0.159. The van der Waals surface area contributed by atoms with Gasteiger partial charge in [-0.1, -0.05) is 23.7 Å². The van der Waals surface area contributed by atoms with Gasteiger partial charge in [-0.25, -0.2) is 0 Å². The van der Waals surface area contributed by atoms with E-state index in [1.54, 1.807) is 24.3 Å². The first-order valence-corrected chi connectivity index (χ1v) is 5.43. The van der Waals surface area contributed by atoms with Crippen LogP contribution in [0.15, 0.2) is 24.3 Å². The van der Waals surface area contributed by atoms with Crippen LogP contribution in [-0.4, -0.2) is 17.9 Å². The summed E-state index contributed by atoms with van der Waals surface area (Å²) in [5, 5.41) is 3.24. The third-order valence-corrected chi connectivity index (χ3v) is 2.39. The van der Waals surface area contributed by atoms with Crippen molar-refractivity contribution in [3.63, 3.8) is 0 Å². The summed E-state index contributed by atoms with van der Waals surface area (Å²) in [5.41, 5.74) is 11.3. The molecular formula is C11H14ClN3O2. The van der Waals surface area contributed by atoms with Gasteiger partial charge >= 0.3 is 0 Å². The molecule has 1 aromatic rings.